The van der Waals surface area contributed by atoms with E-state index >= 15 is 0 Å². The van der Waals surface area contributed by atoms with E-state index in [-0.39, 0.29) is 15.2 Å². The van der Waals surface area contributed by atoms with Crippen molar-refractivity contribution < 1.29 is 17.9 Å². The highest BCUT2D eigenvalue weighted by Gasteiger charge is 2.36. The van der Waals surface area contributed by atoms with Gasteiger partial charge in [-0.1, -0.05) is 11.6 Å². The first-order valence-corrected chi connectivity index (χ1v) is 8.10. The normalized spacial score (nSPS) is 13.0. The standard InChI is InChI=1S/C11H15BrClFN2O3S/c1-11(2,5-17)16(3)20(18,19)7-4-6(13)8(12)10(15)9(7)14/h4,17H,5,15H2,1-3H3. The van der Waals surface area contributed by atoms with Crippen LogP contribution >= 0.6 is 27.5 Å². The minimum absolute atomic E-state index is 0.0160. The van der Waals surface area contributed by atoms with Crippen LogP contribution in [0.25, 0.3) is 0 Å². The molecule has 0 aliphatic rings. The van der Waals surface area contributed by atoms with Crippen molar-refractivity contribution in [3.63, 3.8) is 0 Å². The van der Waals surface area contributed by atoms with E-state index in [2.05, 4.69) is 15.9 Å². The quantitative estimate of drug-likeness (QED) is 0.611. The molecule has 5 nitrogen and oxygen atoms in total. The molecule has 114 valence electrons. The third-order valence-corrected chi connectivity index (χ3v) is 6.48. The van der Waals surface area contributed by atoms with Crippen LogP contribution in [0.2, 0.25) is 5.02 Å². The minimum Gasteiger partial charge on any atom is -0.395 e. The van der Waals surface area contributed by atoms with E-state index in [0.29, 0.717) is 0 Å². The van der Waals surface area contributed by atoms with Crippen LogP contribution in [0.15, 0.2) is 15.4 Å². The van der Waals surface area contributed by atoms with Crippen molar-refractivity contribution in [1.29, 1.82) is 0 Å². The van der Waals surface area contributed by atoms with Crippen molar-refractivity contribution in [2.75, 3.05) is 19.4 Å². The summed E-state index contributed by atoms with van der Waals surface area (Å²) in [6.07, 6.45) is 0. The van der Waals surface area contributed by atoms with Gasteiger partial charge in [0.2, 0.25) is 10.0 Å². The lowest BCUT2D eigenvalue weighted by molar-refractivity contribution is 0.137. The average molecular weight is 390 g/mol. The van der Waals surface area contributed by atoms with Gasteiger partial charge in [0.1, 0.15) is 4.90 Å². The second-order valence-electron chi connectivity index (χ2n) is 4.84. The number of nitrogen functional groups attached to an aromatic ring is 1. The Bertz CT molecular complexity index is 637. The zero-order chi connectivity index (χ0) is 15.9. The van der Waals surface area contributed by atoms with Gasteiger partial charge in [0.05, 0.1) is 27.3 Å². The summed E-state index contributed by atoms with van der Waals surface area (Å²) in [4.78, 5) is -0.632. The Kier molecular flexibility index (Phi) is 5.08. The van der Waals surface area contributed by atoms with Gasteiger partial charge in [-0.2, -0.15) is 4.31 Å². The number of aliphatic hydroxyl groups is 1. The molecule has 0 aliphatic heterocycles. The number of rotatable bonds is 4. The van der Waals surface area contributed by atoms with E-state index in [1.807, 2.05) is 0 Å². The van der Waals surface area contributed by atoms with Crippen molar-refractivity contribution in [2.24, 2.45) is 0 Å². The summed E-state index contributed by atoms with van der Waals surface area (Å²) in [6, 6.07) is 0.983. The van der Waals surface area contributed by atoms with E-state index in [0.717, 1.165) is 10.4 Å². The van der Waals surface area contributed by atoms with Crippen LogP contribution in [0.4, 0.5) is 10.1 Å². The fourth-order valence-corrected chi connectivity index (χ4v) is 3.53. The highest BCUT2D eigenvalue weighted by Crippen LogP contribution is 2.36. The summed E-state index contributed by atoms with van der Waals surface area (Å²) in [5, 5.41) is 9.22. The van der Waals surface area contributed by atoms with Gasteiger partial charge in [0.15, 0.2) is 5.82 Å². The lowest BCUT2D eigenvalue weighted by Crippen LogP contribution is -2.47. The molecule has 1 rings (SSSR count). The second kappa shape index (κ2) is 5.76. The average Bonchev–Trinajstić information content (AvgIpc) is 2.39. The first kappa shape index (κ1) is 17.6. The number of aliphatic hydroxyl groups excluding tert-OH is 1. The fraction of sp³-hybridized carbons (Fsp3) is 0.455. The minimum atomic E-state index is -4.19. The molecule has 0 fully saturated rings. The first-order valence-electron chi connectivity index (χ1n) is 5.49. The molecule has 0 atom stereocenters. The Labute approximate surface area is 130 Å². The van der Waals surface area contributed by atoms with Crippen LogP contribution in [-0.2, 0) is 10.0 Å². The van der Waals surface area contributed by atoms with Crippen molar-refractivity contribution >= 4 is 43.2 Å². The Morgan fingerprint density at radius 1 is 1.55 bits per heavy atom. The van der Waals surface area contributed by atoms with Crippen molar-refractivity contribution in [3.05, 3.63) is 21.4 Å². The smallest absolute Gasteiger partial charge is 0.246 e. The van der Waals surface area contributed by atoms with E-state index in [1.165, 1.54) is 20.9 Å². The molecule has 0 saturated heterocycles. The number of likely N-dealkylation sites (N-methyl/N-ethyl adjacent to an activating group) is 1. The zero-order valence-corrected chi connectivity index (χ0v) is 14.3. The van der Waals surface area contributed by atoms with E-state index in [4.69, 9.17) is 17.3 Å². The van der Waals surface area contributed by atoms with Crippen molar-refractivity contribution in [3.8, 4) is 0 Å². The topological polar surface area (TPSA) is 83.6 Å². The molecule has 0 radical (unpaired) electrons. The van der Waals surface area contributed by atoms with E-state index in [1.54, 1.807) is 0 Å². The molecule has 0 aliphatic carbocycles. The molecule has 0 aromatic heterocycles. The highest BCUT2D eigenvalue weighted by atomic mass is 79.9. The maximum Gasteiger partial charge on any atom is 0.246 e. The number of hydrogen-bond acceptors (Lipinski definition) is 4. The number of nitrogens with two attached hydrogens (primary N) is 1. The first-order chi connectivity index (χ1) is 8.96. The summed E-state index contributed by atoms with van der Waals surface area (Å²) >= 11 is 8.80. The largest absolute Gasteiger partial charge is 0.395 e. The Hall–Kier alpha value is -0.410. The van der Waals surface area contributed by atoms with Gasteiger partial charge in [-0.3, -0.25) is 0 Å². The zero-order valence-electron chi connectivity index (χ0n) is 11.1. The van der Waals surface area contributed by atoms with Crippen LogP contribution in [0.3, 0.4) is 0 Å². The Balaban J connectivity index is 3.53. The van der Waals surface area contributed by atoms with Gasteiger partial charge < -0.3 is 10.8 Å². The third kappa shape index (κ3) is 2.94. The SMILES string of the molecule is CN(C(C)(C)CO)S(=O)(=O)c1cc(Cl)c(Br)c(N)c1F. The monoisotopic (exact) mass is 388 g/mol. The summed E-state index contributed by atoms with van der Waals surface area (Å²) in [7, 11) is -2.94. The lowest BCUT2D eigenvalue weighted by Gasteiger charge is -2.33. The molecule has 0 amide bonds. The van der Waals surface area contributed by atoms with Crippen LogP contribution in [-0.4, -0.2) is 37.0 Å². The molecule has 1 aromatic carbocycles. The summed E-state index contributed by atoms with van der Waals surface area (Å²) < 4.78 is 39.9. The maximum atomic E-state index is 14.1. The van der Waals surface area contributed by atoms with Crippen LogP contribution < -0.4 is 5.73 Å². The van der Waals surface area contributed by atoms with Crippen molar-refractivity contribution in [1.82, 2.24) is 4.31 Å². The Morgan fingerprint density at radius 2 is 2.05 bits per heavy atom. The Morgan fingerprint density at radius 3 is 2.50 bits per heavy atom. The van der Waals surface area contributed by atoms with Crippen LogP contribution in [0.1, 0.15) is 13.8 Å². The molecule has 1 aromatic rings. The van der Waals surface area contributed by atoms with Crippen molar-refractivity contribution in [2.45, 2.75) is 24.3 Å². The molecular weight excluding hydrogens is 375 g/mol. The van der Waals surface area contributed by atoms with Crippen LogP contribution in [0.5, 0.6) is 0 Å². The number of sulfonamides is 1. The molecule has 9 heteroatoms. The second-order valence-corrected chi connectivity index (χ2v) is 7.98. The molecule has 0 heterocycles. The summed E-state index contributed by atoms with van der Waals surface area (Å²) in [5.41, 5.74) is 4.00. The predicted octanol–water partition coefficient (Wildman–Crippen LogP) is 2.22. The molecule has 20 heavy (non-hydrogen) atoms. The van der Waals surface area contributed by atoms with Gasteiger partial charge in [-0.15, -0.1) is 0 Å². The predicted molar refractivity (Wildman–Crippen MR) is 79.6 cm³/mol. The highest BCUT2D eigenvalue weighted by molar-refractivity contribution is 9.10. The number of benzene rings is 1. The van der Waals surface area contributed by atoms with Gasteiger partial charge in [0, 0.05) is 7.05 Å². The molecular formula is C11H15BrClFN2O3S. The van der Waals surface area contributed by atoms with Gasteiger partial charge in [0.25, 0.3) is 0 Å². The van der Waals surface area contributed by atoms with Gasteiger partial charge in [-0.25, -0.2) is 12.8 Å². The molecule has 0 saturated carbocycles. The molecule has 3 N–H and O–H groups in total. The van der Waals surface area contributed by atoms with Crippen LogP contribution in [0, 0.1) is 5.82 Å². The third-order valence-electron chi connectivity index (χ3n) is 3.03. The summed E-state index contributed by atoms with van der Waals surface area (Å²) in [6.45, 7) is 2.59. The number of nitrogens with zero attached hydrogens (tertiary/aromatic N) is 1. The lowest BCUT2D eigenvalue weighted by atomic mass is 10.1. The molecule has 0 unspecified atom stereocenters. The number of anilines is 1. The number of hydrogen-bond donors (Lipinski definition) is 2. The molecule has 0 spiro atoms. The maximum absolute atomic E-state index is 14.1. The summed E-state index contributed by atoms with van der Waals surface area (Å²) in [5.74, 6) is -1.08. The van der Waals surface area contributed by atoms with Gasteiger partial charge in [-0.05, 0) is 35.8 Å². The van der Waals surface area contributed by atoms with E-state index in [9.17, 15) is 17.9 Å². The van der Waals surface area contributed by atoms with E-state index < -0.39 is 32.9 Å². The number of halogens is 3. The molecule has 0 bridgehead atoms. The fourth-order valence-electron chi connectivity index (χ4n) is 1.36. The van der Waals surface area contributed by atoms with Gasteiger partial charge >= 0.3 is 0 Å².